The van der Waals surface area contributed by atoms with Crippen molar-refractivity contribution in [1.29, 1.82) is 0 Å². The Morgan fingerprint density at radius 1 is 1.06 bits per heavy atom. The lowest BCUT2D eigenvalue weighted by Gasteiger charge is -2.22. The van der Waals surface area contributed by atoms with Crippen molar-refractivity contribution in [3.8, 4) is 17.2 Å². The van der Waals surface area contributed by atoms with Gasteiger partial charge in [-0.15, -0.1) is 0 Å². The zero-order valence-corrected chi connectivity index (χ0v) is 19.8. The average molecular weight is 465 g/mol. The van der Waals surface area contributed by atoms with Crippen LogP contribution in [-0.4, -0.2) is 66.9 Å². The summed E-state index contributed by atoms with van der Waals surface area (Å²) in [5, 5.41) is 0. The van der Waals surface area contributed by atoms with Crippen molar-refractivity contribution in [2.45, 2.75) is 32.1 Å². The van der Waals surface area contributed by atoms with E-state index in [9.17, 15) is 9.59 Å². The standard InChI is InChI=1S/C22H28N2O5S2/c1-27-16-12-15(13-17(28-2)20(16)29-3)14-18-21(26)24(22(30)31-18)11-8-19(25)23-9-6-4-5-7-10-23/h12-14H,4-11H2,1-3H3/b18-14+. The van der Waals surface area contributed by atoms with E-state index < -0.39 is 0 Å². The number of carbonyl (C=O) groups is 2. The van der Waals surface area contributed by atoms with E-state index in [1.54, 1.807) is 32.4 Å². The summed E-state index contributed by atoms with van der Waals surface area (Å²) in [4.78, 5) is 29.4. The van der Waals surface area contributed by atoms with Gasteiger partial charge in [0.2, 0.25) is 11.7 Å². The molecule has 0 aliphatic carbocycles. The number of amides is 2. The summed E-state index contributed by atoms with van der Waals surface area (Å²) in [5.74, 6) is 1.40. The fourth-order valence-corrected chi connectivity index (χ4v) is 5.02. The summed E-state index contributed by atoms with van der Waals surface area (Å²) in [5.41, 5.74) is 0.732. The Morgan fingerprint density at radius 2 is 1.68 bits per heavy atom. The highest BCUT2D eigenvalue weighted by molar-refractivity contribution is 8.26. The minimum Gasteiger partial charge on any atom is -0.493 e. The van der Waals surface area contributed by atoms with E-state index in [2.05, 4.69) is 0 Å². The number of hydrogen-bond acceptors (Lipinski definition) is 7. The Labute approximate surface area is 192 Å². The monoisotopic (exact) mass is 464 g/mol. The number of carbonyl (C=O) groups excluding carboxylic acids is 2. The van der Waals surface area contributed by atoms with Gasteiger partial charge in [0.1, 0.15) is 4.32 Å². The van der Waals surface area contributed by atoms with E-state index in [1.807, 2.05) is 4.90 Å². The third kappa shape index (κ3) is 5.51. The maximum atomic E-state index is 12.9. The lowest BCUT2D eigenvalue weighted by molar-refractivity contribution is -0.131. The highest BCUT2D eigenvalue weighted by Gasteiger charge is 2.32. The van der Waals surface area contributed by atoms with E-state index >= 15 is 0 Å². The van der Waals surface area contributed by atoms with E-state index in [0.29, 0.717) is 33.0 Å². The van der Waals surface area contributed by atoms with E-state index in [4.69, 9.17) is 26.4 Å². The highest BCUT2D eigenvalue weighted by Crippen LogP contribution is 2.40. The van der Waals surface area contributed by atoms with Crippen molar-refractivity contribution in [2.24, 2.45) is 0 Å². The van der Waals surface area contributed by atoms with Crippen LogP contribution in [0.15, 0.2) is 17.0 Å². The average Bonchev–Trinajstić information content (AvgIpc) is 2.96. The highest BCUT2D eigenvalue weighted by atomic mass is 32.2. The number of thioether (sulfide) groups is 1. The molecular formula is C22H28N2O5S2. The van der Waals surface area contributed by atoms with Crippen molar-refractivity contribution >= 4 is 46.2 Å². The van der Waals surface area contributed by atoms with E-state index in [1.165, 1.54) is 36.6 Å². The zero-order chi connectivity index (χ0) is 22.4. The Bertz CT molecular complexity index is 854. The van der Waals surface area contributed by atoms with Crippen LogP contribution >= 0.6 is 24.0 Å². The topological polar surface area (TPSA) is 68.3 Å². The van der Waals surface area contributed by atoms with Crippen LogP contribution in [0.2, 0.25) is 0 Å². The molecule has 0 bridgehead atoms. The predicted octanol–water partition coefficient (Wildman–Crippen LogP) is 3.71. The number of methoxy groups -OCH3 is 3. The lowest BCUT2D eigenvalue weighted by atomic mass is 10.1. The van der Waals surface area contributed by atoms with Crippen LogP contribution in [0.5, 0.6) is 17.2 Å². The molecule has 3 rings (SSSR count). The second-order valence-corrected chi connectivity index (χ2v) is 9.01. The quantitative estimate of drug-likeness (QED) is 0.450. The molecule has 0 radical (unpaired) electrons. The molecule has 0 aromatic heterocycles. The molecule has 2 aliphatic rings. The van der Waals surface area contributed by atoms with Crippen LogP contribution in [0, 0.1) is 0 Å². The maximum absolute atomic E-state index is 12.9. The normalized spacial score (nSPS) is 18.4. The van der Waals surface area contributed by atoms with Gasteiger partial charge in [-0.2, -0.15) is 0 Å². The van der Waals surface area contributed by atoms with Crippen LogP contribution in [0.3, 0.4) is 0 Å². The van der Waals surface area contributed by atoms with Gasteiger partial charge in [-0.05, 0) is 36.6 Å². The molecule has 0 N–H and O–H groups in total. The first kappa shape index (κ1) is 23.4. The first-order valence-electron chi connectivity index (χ1n) is 10.3. The molecule has 0 atom stereocenters. The fourth-order valence-electron chi connectivity index (χ4n) is 3.71. The number of benzene rings is 1. The van der Waals surface area contributed by atoms with E-state index in [0.717, 1.165) is 31.5 Å². The second kappa shape index (κ2) is 10.9. The lowest BCUT2D eigenvalue weighted by Crippen LogP contribution is -2.36. The molecular weight excluding hydrogens is 436 g/mol. The molecule has 2 aliphatic heterocycles. The number of ether oxygens (including phenoxy) is 3. The predicted molar refractivity (Wildman–Crippen MR) is 126 cm³/mol. The third-order valence-electron chi connectivity index (χ3n) is 5.37. The summed E-state index contributed by atoms with van der Waals surface area (Å²) in [6.07, 6.45) is 6.47. The molecule has 0 unspecified atom stereocenters. The van der Waals surface area contributed by atoms with Gasteiger partial charge in [0.15, 0.2) is 11.5 Å². The molecule has 1 aromatic rings. The van der Waals surface area contributed by atoms with Crippen molar-refractivity contribution in [1.82, 2.24) is 9.80 Å². The molecule has 0 saturated carbocycles. The van der Waals surface area contributed by atoms with Crippen molar-refractivity contribution < 1.29 is 23.8 Å². The minimum atomic E-state index is -0.188. The largest absolute Gasteiger partial charge is 0.493 e. The zero-order valence-electron chi connectivity index (χ0n) is 18.1. The molecule has 2 saturated heterocycles. The molecule has 2 amide bonds. The number of hydrogen-bond donors (Lipinski definition) is 0. The van der Waals surface area contributed by atoms with Gasteiger partial charge < -0.3 is 19.1 Å². The maximum Gasteiger partial charge on any atom is 0.266 e. The number of rotatable bonds is 7. The molecule has 0 spiro atoms. The number of likely N-dealkylation sites (tertiary alicyclic amines) is 1. The number of thiocarbonyl (C=S) groups is 1. The summed E-state index contributed by atoms with van der Waals surface area (Å²) in [7, 11) is 4.63. The van der Waals surface area contributed by atoms with Gasteiger partial charge in [0.05, 0.1) is 26.2 Å². The second-order valence-electron chi connectivity index (χ2n) is 7.34. The smallest absolute Gasteiger partial charge is 0.266 e. The Morgan fingerprint density at radius 3 is 2.23 bits per heavy atom. The van der Waals surface area contributed by atoms with Crippen LogP contribution in [0.4, 0.5) is 0 Å². The molecule has 31 heavy (non-hydrogen) atoms. The molecule has 2 heterocycles. The van der Waals surface area contributed by atoms with E-state index in [-0.39, 0.29) is 18.2 Å². The SMILES string of the molecule is COc1cc(/C=C2/SC(=S)N(CCC(=O)N3CCCCCC3)C2=O)cc(OC)c1OC. The van der Waals surface area contributed by atoms with Gasteiger partial charge in [-0.1, -0.05) is 36.8 Å². The first-order chi connectivity index (χ1) is 15.0. The van der Waals surface area contributed by atoms with Crippen molar-refractivity contribution in [3.63, 3.8) is 0 Å². The van der Waals surface area contributed by atoms with Gasteiger partial charge in [-0.3, -0.25) is 14.5 Å². The van der Waals surface area contributed by atoms with Crippen LogP contribution in [-0.2, 0) is 9.59 Å². The molecule has 7 nitrogen and oxygen atoms in total. The third-order valence-corrected chi connectivity index (χ3v) is 6.74. The molecule has 168 valence electrons. The molecule has 2 fully saturated rings. The van der Waals surface area contributed by atoms with Crippen LogP contribution < -0.4 is 14.2 Å². The van der Waals surface area contributed by atoms with Crippen LogP contribution in [0.25, 0.3) is 6.08 Å². The van der Waals surface area contributed by atoms with Gasteiger partial charge in [0, 0.05) is 26.1 Å². The number of nitrogens with zero attached hydrogens (tertiary/aromatic N) is 2. The summed E-state index contributed by atoms with van der Waals surface area (Å²) >= 11 is 6.65. The van der Waals surface area contributed by atoms with Crippen molar-refractivity contribution in [3.05, 3.63) is 22.6 Å². The molecule has 1 aromatic carbocycles. The van der Waals surface area contributed by atoms with Gasteiger partial charge in [0.25, 0.3) is 5.91 Å². The van der Waals surface area contributed by atoms with Crippen LogP contribution in [0.1, 0.15) is 37.7 Å². The summed E-state index contributed by atoms with van der Waals surface area (Å²) < 4.78 is 16.6. The molecule has 9 heteroatoms. The summed E-state index contributed by atoms with van der Waals surface area (Å²) in [6.45, 7) is 1.91. The minimum absolute atomic E-state index is 0.0876. The van der Waals surface area contributed by atoms with Gasteiger partial charge in [-0.25, -0.2) is 0 Å². The Balaban J connectivity index is 1.71. The fraction of sp³-hybridized carbons (Fsp3) is 0.500. The Hall–Kier alpha value is -2.26. The van der Waals surface area contributed by atoms with Crippen molar-refractivity contribution in [2.75, 3.05) is 41.0 Å². The summed E-state index contributed by atoms with van der Waals surface area (Å²) in [6, 6.07) is 3.55. The first-order valence-corrected chi connectivity index (χ1v) is 11.5. The van der Waals surface area contributed by atoms with Gasteiger partial charge >= 0.3 is 0 Å². The Kier molecular flexibility index (Phi) is 8.20.